The second-order valence-corrected chi connectivity index (χ2v) is 4.62. The van der Waals surface area contributed by atoms with Crippen molar-refractivity contribution in [1.29, 1.82) is 0 Å². The average Bonchev–Trinajstić information content (AvgIpc) is 2.55. The van der Waals surface area contributed by atoms with Crippen LogP contribution in [0.5, 0.6) is 17.4 Å². The lowest BCUT2D eigenvalue weighted by Crippen LogP contribution is -1.96. The maximum absolute atomic E-state index is 5.88. The summed E-state index contributed by atoms with van der Waals surface area (Å²) >= 11 is 0. The number of nitrogens with two attached hydrogens (primary N) is 1. The van der Waals surface area contributed by atoms with Crippen LogP contribution in [0.3, 0.4) is 0 Å². The molecule has 0 bridgehead atoms. The fraction of sp³-hybridized carbons (Fsp3) is 0.118. The van der Waals surface area contributed by atoms with E-state index in [1.54, 1.807) is 13.3 Å². The van der Waals surface area contributed by atoms with Gasteiger partial charge in [-0.15, -0.1) is 0 Å². The molecule has 0 amide bonds. The number of ether oxygens (including phenoxy) is 2. The fourth-order valence-corrected chi connectivity index (χ4v) is 2.22. The van der Waals surface area contributed by atoms with Gasteiger partial charge in [0.05, 0.1) is 7.11 Å². The van der Waals surface area contributed by atoms with Gasteiger partial charge in [-0.05, 0) is 35.9 Å². The number of rotatable bonds is 4. The highest BCUT2D eigenvalue weighted by molar-refractivity contribution is 5.91. The molecule has 4 nitrogen and oxygen atoms in total. The molecule has 0 aliphatic carbocycles. The van der Waals surface area contributed by atoms with Crippen LogP contribution in [-0.4, -0.2) is 12.1 Å². The molecule has 106 valence electrons. The first kappa shape index (κ1) is 13.4. The summed E-state index contributed by atoms with van der Waals surface area (Å²) in [6.07, 6.45) is 1.72. The van der Waals surface area contributed by atoms with Crippen LogP contribution in [0.25, 0.3) is 10.8 Å². The normalized spacial score (nSPS) is 10.6. The summed E-state index contributed by atoms with van der Waals surface area (Å²) in [6.45, 7) is 0.518. The van der Waals surface area contributed by atoms with Crippen molar-refractivity contribution < 1.29 is 9.47 Å². The molecule has 0 saturated carbocycles. The molecule has 2 aromatic carbocycles. The van der Waals surface area contributed by atoms with Gasteiger partial charge in [0, 0.05) is 23.5 Å². The van der Waals surface area contributed by atoms with Crippen LogP contribution in [0.15, 0.2) is 54.7 Å². The second kappa shape index (κ2) is 5.81. The smallest absolute Gasteiger partial charge is 0.227 e. The molecule has 0 radical (unpaired) electrons. The van der Waals surface area contributed by atoms with E-state index in [-0.39, 0.29) is 0 Å². The number of methoxy groups -OCH3 is 1. The molecule has 21 heavy (non-hydrogen) atoms. The van der Waals surface area contributed by atoms with Crippen LogP contribution < -0.4 is 15.2 Å². The van der Waals surface area contributed by atoms with Crippen molar-refractivity contribution in [2.24, 2.45) is 5.73 Å². The van der Waals surface area contributed by atoms with Crippen LogP contribution in [0, 0.1) is 0 Å². The van der Waals surface area contributed by atoms with E-state index in [1.807, 2.05) is 48.5 Å². The fourth-order valence-electron chi connectivity index (χ4n) is 2.22. The summed E-state index contributed by atoms with van der Waals surface area (Å²) in [5.41, 5.74) is 6.66. The molecule has 0 fully saturated rings. The van der Waals surface area contributed by atoms with Crippen molar-refractivity contribution in [3.63, 3.8) is 0 Å². The minimum Gasteiger partial charge on any atom is -0.496 e. The van der Waals surface area contributed by atoms with Gasteiger partial charge in [0.2, 0.25) is 5.88 Å². The molecule has 1 heterocycles. The number of hydrogen-bond acceptors (Lipinski definition) is 4. The Bertz CT molecular complexity index is 754. The molecule has 3 rings (SSSR count). The summed E-state index contributed by atoms with van der Waals surface area (Å²) in [7, 11) is 1.65. The van der Waals surface area contributed by atoms with Gasteiger partial charge in [-0.25, -0.2) is 4.98 Å². The van der Waals surface area contributed by atoms with Crippen molar-refractivity contribution in [3.8, 4) is 17.4 Å². The Morgan fingerprint density at radius 3 is 2.52 bits per heavy atom. The molecular weight excluding hydrogens is 264 g/mol. The largest absolute Gasteiger partial charge is 0.496 e. The number of nitrogens with zero attached hydrogens (tertiary/aromatic N) is 1. The van der Waals surface area contributed by atoms with Crippen molar-refractivity contribution >= 4 is 10.8 Å². The predicted molar refractivity (Wildman–Crippen MR) is 82.7 cm³/mol. The van der Waals surface area contributed by atoms with Crippen molar-refractivity contribution in [2.45, 2.75) is 6.54 Å². The molecule has 0 unspecified atom stereocenters. The van der Waals surface area contributed by atoms with Gasteiger partial charge < -0.3 is 15.2 Å². The van der Waals surface area contributed by atoms with E-state index in [4.69, 9.17) is 15.2 Å². The van der Waals surface area contributed by atoms with Crippen LogP contribution in [0.4, 0.5) is 0 Å². The van der Waals surface area contributed by atoms with Crippen molar-refractivity contribution in [3.05, 3.63) is 60.3 Å². The van der Waals surface area contributed by atoms with Gasteiger partial charge in [0.25, 0.3) is 0 Å². The summed E-state index contributed by atoms with van der Waals surface area (Å²) in [5, 5.41) is 1.89. The zero-order valence-electron chi connectivity index (χ0n) is 11.7. The molecule has 1 aromatic heterocycles. The second-order valence-electron chi connectivity index (χ2n) is 4.62. The standard InChI is InChI=1S/C17H16N2O2/c1-20-16-4-2-3-15-14(16)9-10-19-17(15)21-13-7-5-12(11-18)6-8-13/h2-10H,11,18H2,1H3. The van der Waals surface area contributed by atoms with E-state index in [0.717, 1.165) is 27.8 Å². The van der Waals surface area contributed by atoms with E-state index in [0.29, 0.717) is 12.4 Å². The Kier molecular flexibility index (Phi) is 3.71. The van der Waals surface area contributed by atoms with Crippen molar-refractivity contribution in [1.82, 2.24) is 4.98 Å². The zero-order valence-corrected chi connectivity index (χ0v) is 11.7. The molecule has 2 N–H and O–H groups in total. The minimum absolute atomic E-state index is 0.518. The Hall–Kier alpha value is -2.59. The van der Waals surface area contributed by atoms with Crippen LogP contribution >= 0.6 is 0 Å². The highest BCUT2D eigenvalue weighted by Gasteiger charge is 2.08. The third-order valence-corrected chi connectivity index (χ3v) is 3.32. The van der Waals surface area contributed by atoms with Crippen LogP contribution in [0.1, 0.15) is 5.56 Å². The van der Waals surface area contributed by atoms with Gasteiger partial charge in [-0.1, -0.05) is 18.2 Å². The molecule has 0 saturated heterocycles. The molecule has 4 heteroatoms. The Morgan fingerprint density at radius 2 is 1.81 bits per heavy atom. The average molecular weight is 280 g/mol. The maximum Gasteiger partial charge on any atom is 0.227 e. The van der Waals surface area contributed by atoms with Crippen LogP contribution in [0.2, 0.25) is 0 Å². The van der Waals surface area contributed by atoms with E-state index in [2.05, 4.69) is 4.98 Å². The van der Waals surface area contributed by atoms with E-state index >= 15 is 0 Å². The quantitative estimate of drug-likeness (QED) is 0.794. The summed E-state index contributed by atoms with van der Waals surface area (Å²) < 4.78 is 11.2. The number of fused-ring (bicyclic) bond motifs is 1. The van der Waals surface area contributed by atoms with E-state index in [1.165, 1.54) is 0 Å². The first-order chi connectivity index (χ1) is 10.3. The van der Waals surface area contributed by atoms with E-state index < -0.39 is 0 Å². The number of benzene rings is 2. The molecule has 3 aromatic rings. The maximum atomic E-state index is 5.88. The lowest BCUT2D eigenvalue weighted by atomic mass is 10.1. The molecule has 0 atom stereocenters. The predicted octanol–water partition coefficient (Wildman–Crippen LogP) is 3.49. The number of hydrogen-bond donors (Lipinski definition) is 1. The highest BCUT2D eigenvalue weighted by atomic mass is 16.5. The summed E-state index contributed by atoms with van der Waals surface area (Å²) in [4.78, 5) is 4.32. The number of aromatic nitrogens is 1. The molecule has 0 aliphatic heterocycles. The molecule has 0 spiro atoms. The van der Waals surface area contributed by atoms with Crippen molar-refractivity contribution in [2.75, 3.05) is 7.11 Å². The Morgan fingerprint density at radius 1 is 1.00 bits per heavy atom. The lowest BCUT2D eigenvalue weighted by molar-refractivity contribution is 0.419. The Balaban J connectivity index is 2.00. The number of pyridine rings is 1. The highest BCUT2D eigenvalue weighted by Crippen LogP contribution is 2.32. The lowest BCUT2D eigenvalue weighted by Gasteiger charge is -2.10. The topological polar surface area (TPSA) is 57.4 Å². The summed E-state index contributed by atoms with van der Waals surface area (Å²) in [6, 6.07) is 15.4. The summed E-state index contributed by atoms with van der Waals surface area (Å²) in [5.74, 6) is 2.10. The van der Waals surface area contributed by atoms with Gasteiger partial charge in [-0.3, -0.25) is 0 Å². The van der Waals surface area contributed by atoms with Gasteiger partial charge in [-0.2, -0.15) is 0 Å². The molecule has 0 aliphatic rings. The van der Waals surface area contributed by atoms with Gasteiger partial charge in [0.1, 0.15) is 11.5 Å². The third kappa shape index (κ3) is 2.66. The monoisotopic (exact) mass is 280 g/mol. The first-order valence-corrected chi connectivity index (χ1v) is 6.70. The van der Waals surface area contributed by atoms with Gasteiger partial charge in [0.15, 0.2) is 0 Å². The first-order valence-electron chi connectivity index (χ1n) is 6.70. The third-order valence-electron chi connectivity index (χ3n) is 3.32. The Labute approximate surface area is 123 Å². The van der Waals surface area contributed by atoms with Crippen LogP contribution in [-0.2, 0) is 6.54 Å². The SMILES string of the molecule is COc1cccc2c(Oc3ccc(CN)cc3)nccc12. The minimum atomic E-state index is 0.518. The van der Waals surface area contributed by atoms with Gasteiger partial charge >= 0.3 is 0 Å². The van der Waals surface area contributed by atoms with E-state index in [9.17, 15) is 0 Å². The zero-order chi connectivity index (χ0) is 14.7. The molecular formula is C17H16N2O2.